The Morgan fingerprint density at radius 1 is 1.31 bits per heavy atom. The minimum absolute atomic E-state index is 0.330. The third-order valence-electron chi connectivity index (χ3n) is 2.48. The first-order valence-electron chi connectivity index (χ1n) is 5.00. The first-order chi connectivity index (χ1) is 7.55. The summed E-state index contributed by atoms with van der Waals surface area (Å²) in [5, 5.41) is 0.339. The fourth-order valence-corrected chi connectivity index (χ4v) is 2.13. The van der Waals surface area contributed by atoms with Crippen LogP contribution >= 0.6 is 11.6 Å². The van der Waals surface area contributed by atoms with Gasteiger partial charge in [0.15, 0.2) is 0 Å². The van der Waals surface area contributed by atoms with Gasteiger partial charge in [0.2, 0.25) is 0 Å². The average Bonchev–Trinajstić information content (AvgIpc) is 2.17. The van der Waals surface area contributed by atoms with Crippen molar-refractivity contribution in [1.29, 1.82) is 0 Å². The van der Waals surface area contributed by atoms with Gasteiger partial charge < -0.3 is 5.73 Å². The molecule has 0 aromatic heterocycles. The molecule has 0 aliphatic heterocycles. The van der Waals surface area contributed by atoms with Gasteiger partial charge in [-0.25, -0.2) is 4.39 Å². The summed E-state index contributed by atoms with van der Waals surface area (Å²) in [6.45, 7) is 7.27. The SMILES string of the molecule is C=CCC(N)(CC=C)c1c(F)cccc1Cl. The Morgan fingerprint density at radius 2 is 1.88 bits per heavy atom. The third-order valence-corrected chi connectivity index (χ3v) is 2.79. The highest BCUT2D eigenvalue weighted by Gasteiger charge is 2.29. The molecule has 0 saturated carbocycles. The largest absolute Gasteiger partial charge is 0.321 e. The van der Waals surface area contributed by atoms with Crippen molar-refractivity contribution < 1.29 is 4.39 Å². The van der Waals surface area contributed by atoms with E-state index in [1.807, 2.05) is 0 Å². The lowest BCUT2D eigenvalue weighted by Gasteiger charge is -2.29. The molecule has 0 aliphatic carbocycles. The fraction of sp³-hybridized carbons (Fsp3) is 0.231. The number of halogens is 2. The molecule has 0 spiro atoms. The summed E-state index contributed by atoms with van der Waals surface area (Å²) in [5.41, 5.74) is 5.64. The molecule has 0 radical (unpaired) electrons. The van der Waals surface area contributed by atoms with Crippen molar-refractivity contribution in [3.63, 3.8) is 0 Å². The smallest absolute Gasteiger partial charge is 0.129 e. The second-order valence-corrected chi connectivity index (χ2v) is 4.15. The van der Waals surface area contributed by atoms with Crippen LogP contribution in [0.25, 0.3) is 0 Å². The van der Waals surface area contributed by atoms with Gasteiger partial charge in [0.25, 0.3) is 0 Å². The van der Waals surface area contributed by atoms with Crippen LogP contribution < -0.4 is 5.73 Å². The zero-order chi connectivity index (χ0) is 12.2. The number of rotatable bonds is 5. The van der Waals surface area contributed by atoms with Gasteiger partial charge in [-0.15, -0.1) is 13.2 Å². The maximum atomic E-state index is 13.8. The molecule has 1 aromatic rings. The van der Waals surface area contributed by atoms with Crippen LogP contribution in [0.2, 0.25) is 5.02 Å². The van der Waals surface area contributed by atoms with Crippen molar-refractivity contribution in [1.82, 2.24) is 0 Å². The summed E-state index contributed by atoms with van der Waals surface area (Å²) < 4.78 is 13.8. The molecule has 86 valence electrons. The van der Waals surface area contributed by atoms with Crippen molar-refractivity contribution in [3.8, 4) is 0 Å². The van der Waals surface area contributed by atoms with Crippen LogP contribution in [-0.4, -0.2) is 0 Å². The van der Waals surface area contributed by atoms with Crippen LogP contribution in [0.15, 0.2) is 43.5 Å². The lowest BCUT2D eigenvalue weighted by molar-refractivity contribution is 0.429. The van der Waals surface area contributed by atoms with Crippen LogP contribution in [0.3, 0.4) is 0 Å². The number of benzene rings is 1. The van der Waals surface area contributed by atoms with E-state index in [1.54, 1.807) is 24.3 Å². The lowest BCUT2D eigenvalue weighted by atomic mass is 9.84. The molecular formula is C13H15ClFN. The number of nitrogens with two attached hydrogens (primary N) is 1. The van der Waals surface area contributed by atoms with Crippen molar-refractivity contribution in [2.75, 3.05) is 0 Å². The first-order valence-corrected chi connectivity index (χ1v) is 5.38. The van der Waals surface area contributed by atoms with E-state index in [4.69, 9.17) is 17.3 Å². The predicted molar refractivity (Wildman–Crippen MR) is 66.9 cm³/mol. The summed E-state index contributed by atoms with van der Waals surface area (Å²) in [6, 6.07) is 4.55. The van der Waals surface area contributed by atoms with Crippen molar-refractivity contribution in [2.45, 2.75) is 18.4 Å². The van der Waals surface area contributed by atoms with Crippen LogP contribution in [0.4, 0.5) is 4.39 Å². The number of hydrogen-bond donors (Lipinski definition) is 1. The van der Waals surface area contributed by atoms with Crippen LogP contribution in [0, 0.1) is 5.82 Å². The van der Waals surface area contributed by atoms with Gasteiger partial charge in [-0.2, -0.15) is 0 Å². The minimum Gasteiger partial charge on any atom is -0.321 e. The summed E-state index contributed by atoms with van der Waals surface area (Å²) in [5.74, 6) is -0.390. The van der Waals surface area contributed by atoms with E-state index in [2.05, 4.69) is 13.2 Å². The minimum atomic E-state index is -0.869. The Balaban J connectivity index is 3.29. The third kappa shape index (κ3) is 2.52. The van der Waals surface area contributed by atoms with Gasteiger partial charge in [-0.05, 0) is 25.0 Å². The molecule has 2 N–H and O–H groups in total. The summed E-state index contributed by atoms with van der Waals surface area (Å²) >= 11 is 6.00. The van der Waals surface area contributed by atoms with E-state index in [0.29, 0.717) is 23.4 Å². The molecule has 0 atom stereocenters. The van der Waals surface area contributed by atoms with Crippen LogP contribution in [-0.2, 0) is 5.54 Å². The zero-order valence-electron chi connectivity index (χ0n) is 9.05. The van der Waals surface area contributed by atoms with Gasteiger partial charge in [0, 0.05) is 10.6 Å². The summed E-state index contributed by atoms with van der Waals surface area (Å²) in [7, 11) is 0. The van der Waals surface area contributed by atoms with E-state index >= 15 is 0 Å². The Bertz CT molecular complexity index is 371. The Kier molecular flexibility index (Phi) is 4.27. The molecule has 3 heteroatoms. The van der Waals surface area contributed by atoms with Crippen LogP contribution in [0.5, 0.6) is 0 Å². The monoisotopic (exact) mass is 239 g/mol. The highest BCUT2D eigenvalue weighted by Crippen LogP contribution is 2.34. The molecular weight excluding hydrogens is 225 g/mol. The fourth-order valence-electron chi connectivity index (χ4n) is 1.78. The summed E-state index contributed by atoms with van der Waals surface area (Å²) in [6.07, 6.45) is 4.21. The van der Waals surface area contributed by atoms with E-state index in [-0.39, 0.29) is 0 Å². The molecule has 1 rings (SSSR count). The topological polar surface area (TPSA) is 26.0 Å². The Labute approximate surface area is 100 Å². The standard InChI is InChI=1S/C13H15ClFN/c1-3-8-13(16,9-4-2)12-10(14)6-5-7-11(12)15/h3-7H,1-2,8-9,16H2. The Morgan fingerprint density at radius 3 is 2.31 bits per heavy atom. The van der Waals surface area contributed by atoms with E-state index in [0.717, 1.165) is 0 Å². The number of hydrogen-bond acceptors (Lipinski definition) is 1. The molecule has 0 aliphatic rings. The first kappa shape index (κ1) is 12.9. The molecule has 0 amide bonds. The van der Waals surface area contributed by atoms with Gasteiger partial charge in [-0.1, -0.05) is 29.8 Å². The van der Waals surface area contributed by atoms with Crippen molar-refractivity contribution >= 4 is 11.6 Å². The van der Waals surface area contributed by atoms with Crippen LogP contribution in [0.1, 0.15) is 18.4 Å². The van der Waals surface area contributed by atoms with Gasteiger partial charge in [0.1, 0.15) is 5.82 Å². The van der Waals surface area contributed by atoms with E-state index in [1.165, 1.54) is 6.07 Å². The predicted octanol–water partition coefficient (Wildman–Crippen LogP) is 3.79. The highest BCUT2D eigenvalue weighted by molar-refractivity contribution is 6.31. The average molecular weight is 240 g/mol. The second-order valence-electron chi connectivity index (χ2n) is 3.74. The molecule has 0 heterocycles. The maximum absolute atomic E-state index is 13.8. The van der Waals surface area contributed by atoms with E-state index in [9.17, 15) is 4.39 Å². The van der Waals surface area contributed by atoms with Crippen molar-refractivity contribution in [3.05, 3.63) is 59.9 Å². The molecule has 0 saturated heterocycles. The lowest BCUT2D eigenvalue weighted by Crippen LogP contribution is -2.37. The Hall–Kier alpha value is -1.12. The molecule has 0 fully saturated rings. The molecule has 0 unspecified atom stereocenters. The molecule has 1 aromatic carbocycles. The molecule has 1 nitrogen and oxygen atoms in total. The van der Waals surface area contributed by atoms with Gasteiger partial charge in [0.05, 0.1) is 5.54 Å². The normalized spacial score (nSPS) is 11.2. The highest BCUT2D eigenvalue weighted by atomic mass is 35.5. The quantitative estimate of drug-likeness (QED) is 0.778. The zero-order valence-corrected chi connectivity index (χ0v) is 9.80. The molecule has 0 bridgehead atoms. The molecule has 16 heavy (non-hydrogen) atoms. The maximum Gasteiger partial charge on any atom is 0.129 e. The van der Waals surface area contributed by atoms with E-state index < -0.39 is 11.4 Å². The van der Waals surface area contributed by atoms with Gasteiger partial charge in [-0.3, -0.25) is 0 Å². The van der Waals surface area contributed by atoms with Crippen molar-refractivity contribution in [2.24, 2.45) is 5.73 Å². The summed E-state index contributed by atoms with van der Waals surface area (Å²) in [4.78, 5) is 0. The second kappa shape index (κ2) is 5.28. The van der Waals surface area contributed by atoms with Gasteiger partial charge >= 0.3 is 0 Å².